The van der Waals surface area contributed by atoms with Gasteiger partial charge >= 0.3 is 0 Å². The average Bonchev–Trinajstić information content (AvgIpc) is 3.61. The first-order valence-electron chi connectivity index (χ1n) is 11.4. The van der Waals surface area contributed by atoms with Gasteiger partial charge < -0.3 is 15.0 Å². The van der Waals surface area contributed by atoms with E-state index in [1.165, 1.54) is 0 Å². The Labute approximate surface area is 182 Å². The van der Waals surface area contributed by atoms with Crippen LogP contribution < -0.4 is 5.56 Å². The highest BCUT2D eigenvalue weighted by molar-refractivity contribution is 5.81. The number of likely N-dealkylation sites (tertiary alicyclic amines) is 1. The van der Waals surface area contributed by atoms with Crippen molar-refractivity contribution in [1.82, 2.24) is 19.8 Å². The molecule has 7 nitrogen and oxygen atoms in total. The Morgan fingerprint density at radius 3 is 2.68 bits per heavy atom. The second kappa shape index (κ2) is 8.11. The van der Waals surface area contributed by atoms with E-state index in [-0.39, 0.29) is 23.3 Å². The maximum Gasteiger partial charge on any atom is 0.256 e. The molecule has 3 aliphatic rings. The zero-order chi connectivity index (χ0) is 21.5. The zero-order valence-electron chi connectivity index (χ0n) is 18.1. The normalized spacial score (nSPS) is 20.0. The number of rotatable bonds is 4. The van der Waals surface area contributed by atoms with Gasteiger partial charge in [-0.3, -0.25) is 14.5 Å². The molecule has 2 aromatic rings. The summed E-state index contributed by atoms with van der Waals surface area (Å²) in [6.07, 6.45) is 4.49. The summed E-state index contributed by atoms with van der Waals surface area (Å²) in [7, 11) is 0. The first-order chi connectivity index (χ1) is 15.0. The number of nitrogens with zero attached hydrogens (tertiary/aromatic N) is 3. The predicted molar refractivity (Wildman–Crippen MR) is 117 cm³/mol. The van der Waals surface area contributed by atoms with Crippen molar-refractivity contribution in [2.45, 2.75) is 58.0 Å². The Hall–Kier alpha value is -2.67. The molecule has 1 saturated carbocycles. The minimum absolute atomic E-state index is 0.0831. The lowest BCUT2D eigenvalue weighted by Crippen LogP contribution is -2.41. The van der Waals surface area contributed by atoms with Gasteiger partial charge in [0.25, 0.3) is 5.56 Å². The van der Waals surface area contributed by atoms with Gasteiger partial charge in [-0.15, -0.1) is 0 Å². The molecule has 0 atom stereocenters. The van der Waals surface area contributed by atoms with E-state index in [4.69, 9.17) is 4.98 Å². The largest absolute Gasteiger partial charge is 0.508 e. The van der Waals surface area contributed by atoms with Crippen molar-refractivity contribution in [3.8, 4) is 5.75 Å². The van der Waals surface area contributed by atoms with Gasteiger partial charge in [0.2, 0.25) is 5.91 Å². The lowest BCUT2D eigenvalue weighted by molar-refractivity contribution is -0.133. The van der Waals surface area contributed by atoms with Gasteiger partial charge in [0, 0.05) is 36.9 Å². The Balaban J connectivity index is 1.23. The second-order valence-corrected chi connectivity index (χ2v) is 9.34. The van der Waals surface area contributed by atoms with Crippen molar-refractivity contribution in [2.75, 3.05) is 19.6 Å². The lowest BCUT2D eigenvalue weighted by atomic mass is 9.94. The Morgan fingerprint density at radius 1 is 1.19 bits per heavy atom. The topological polar surface area (TPSA) is 89.5 Å². The molecule has 0 spiro atoms. The highest BCUT2D eigenvalue weighted by Gasteiger charge is 2.35. The highest BCUT2D eigenvalue weighted by atomic mass is 16.3. The smallest absolute Gasteiger partial charge is 0.256 e. The van der Waals surface area contributed by atoms with E-state index >= 15 is 0 Å². The van der Waals surface area contributed by atoms with E-state index in [1.54, 1.807) is 0 Å². The van der Waals surface area contributed by atoms with Crippen LogP contribution in [0.5, 0.6) is 5.75 Å². The molecular formula is C24H30N4O3. The van der Waals surface area contributed by atoms with E-state index in [0.717, 1.165) is 68.0 Å². The van der Waals surface area contributed by atoms with Gasteiger partial charge in [-0.05, 0) is 57.3 Å². The molecular weight excluding hydrogens is 392 g/mol. The van der Waals surface area contributed by atoms with Crippen LogP contribution in [0.15, 0.2) is 23.0 Å². The summed E-state index contributed by atoms with van der Waals surface area (Å²) < 4.78 is 0. The number of benzene rings is 1. The molecule has 1 aliphatic carbocycles. The zero-order valence-corrected chi connectivity index (χ0v) is 18.1. The number of aromatic amines is 1. The number of aromatic hydroxyl groups is 1. The number of H-pyrrole nitrogens is 1. The number of aryl methyl sites for hydroxylation is 1. The standard InChI is InChI=1S/C24H30N4O3/c1-15-2-3-18(21(29)12-15)13-27-9-6-16(7-10-27)22-25-20-8-11-28(24(31)17-4-5-17)14-19(20)23(30)26-22/h2-3,12,16-17,29H,4-11,13-14H2,1H3,(H,25,26,30). The molecule has 7 heteroatoms. The number of carbonyl (C=O) groups excluding carboxylic acids is 1. The van der Waals surface area contributed by atoms with Gasteiger partial charge in [0.15, 0.2) is 0 Å². The van der Waals surface area contributed by atoms with E-state index in [9.17, 15) is 14.7 Å². The molecule has 2 N–H and O–H groups in total. The molecule has 0 radical (unpaired) electrons. The maximum atomic E-state index is 12.8. The Morgan fingerprint density at radius 2 is 1.97 bits per heavy atom. The monoisotopic (exact) mass is 422 g/mol. The summed E-state index contributed by atoms with van der Waals surface area (Å²) in [5.74, 6) is 1.77. The number of hydrogen-bond acceptors (Lipinski definition) is 5. The maximum absolute atomic E-state index is 12.8. The molecule has 3 heterocycles. The van der Waals surface area contributed by atoms with Gasteiger partial charge in [-0.25, -0.2) is 4.98 Å². The third-order valence-electron chi connectivity index (χ3n) is 6.93. The molecule has 5 rings (SSSR count). The number of hydrogen-bond donors (Lipinski definition) is 2. The third-order valence-corrected chi connectivity index (χ3v) is 6.93. The van der Waals surface area contributed by atoms with Crippen molar-refractivity contribution >= 4 is 5.91 Å². The molecule has 0 bridgehead atoms. The van der Waals surface area contributed by atoms with E-state index in [1.807, 2.05) is 30.0 Å². The number of amides is 1. The lowest BCUT2D eigenvalue weighted by Gasteiger charge is -2.32. The molecule has 1 saturated heterocycles. The minimum Gasteiger partial charge on any atom is -0.508 e. The van der Waals surface area contributed by atoms with Crippen molar-refractivity contribution in [2.24, 2.45) is 5.92 Å². The molecule has 1 amide bonds. The number of phenols is 1. The highest BCUT2D eigenvalue weighted by Crippen LogP contribution is 2.33. The number of carbonyl (C=O) groups is 1. The van der Waals surface area contributed by atoms with Crippen molar-refractivity contribution < 1.29 is 9.90 Å². The number of aromatic nitrogens is 2. The third kappa shape index (κ3) is 4.24. The molecule has 1 aromatic carbocycles. The Bertz CT molecular complexity index is 1050. The van der Waals surface area contributed by atoms with E-state index in [2.05, 4.69) is 9.88 Å². The molecule has 2 fully saturated rings. The average molecular weight is 423 g/mol. The fourth-order valence-electron chi connectivity index (χ4n) is 4.83. The van der Waals surface area contributed by atoms with Crippen LogP contribution in [-0.2, 0) is 24.3 Å². The van der Waals surface area contributed by atoms with Gasteiger partial charge in [0.05, 0.1) is 17.8 Å². The number of fused-ring (bicyclic) bond motifs is 1. The Kier molecular flexibility index (Phi) is 5.30. The first-order valence-corrected chi connectivity index (χ1v) is 11.4. The van der Waals surface area contributed by atoms with Crippen LogP contribution in [-0.4, -0.2) is 50.4 Å². The number of phenolic OH excluding ortho intramolecular Hbond substituents is 1. The summed E-state index contributed by atoms with van der Waals surface area (Å²) in [6, 6.07) is 5.84. The van der Waals surface area contributed by atoms with Crippen LogP contribution in [0.1, 0.15) is 59.8 Å². The second-order valence-electron chi connectivity index (χ2n) is 9.34. The SMILES string of the molecule is Cc1ccc(CN2CCC(c3nc4c(c(=O)[nH]3)CN(C(=O)C3CC3)CC4)CC2)c(O)c1. The summed E-state index contributed by atoms with van der Waals surface area (Å²) in [5.41, 5.74) is 3.46. The number of nitrogens with one attached hydrogen (secondary N) is 1. The van der Waals surface area contributed by atoms with E-state index < -0.39 is 0 Å². The number of piperidine rings is 1. The predicted octanol–water partition coefficient (Wildman–Crippen LogP) is 2.46. The van der Waals surface area contributed by atoms with Gasteiger partial charge in [-0.1, -0.05) is 12.1 Å². The van der Waals surface area contributed by atoms with Gasteiger partial charge in [0.1, 0.15) is 11.6 Å². The summed E-state index contributed by atoms with van der Waals surface area (Å²) in [5, 5.41) is 10.2. The quantitative estimate of drug-likeness (QED) is 0.790. The van der Waals surface area contributed by atoms with Crippen LogP contribution in [0.4, 0.5) is 0 Å². The summed E-state index contributed by atoms with van der Waals surface area (Å²) in [6.45, 7) is 5.58. The summed E-state index contributed by atoms with van der Waals surface area (Å²) in [4.78, 5) is 37.2. The molecule has 0 unspecified atom stereocenters. The van der Waals surface area contributed by atoms with Crippen LogP contribution in [0.3, 0.4) is 0 Å². The van der Waals surface area contributed by atoms with Crippen molar-refractivity contribution in [3.05, 3.63) is 56.8 Å². The van der Waals surface area contributed by atoms with Crippen molar-refractivity contribution in [1.29, 1.82) is 0 Å². The molecule has 2 aliphatic heterocycles. The van der Waals surface area contributed by atoms with Crippen LogP contribution >= 0.6 is 0 Å². The summed E-state index contributed by atoms with van der Waals surface area (Å²) >= 11 is 0. The molecule has 31 heavy (non-hydrogen) atoms. The van der Waals surface area contributed by atoms with Crippen LogP contribution in [0.2, 0.25) is 0 Å². The fraction of sp³-hybridized carbons (Fsp3) is 0.542. The molecule has 164 valence electrons. The van der Waals surface area contributed by atoms with Crippen LogP contribution in [0, 0.1) is 12.8 Å². The minimum atomic E-state index is -0.0831. The fourth-order valence-corrected chi connectivity index (χ4v) is 4.83. The van der Waals surface area contributed by atoms with Gasteiger partial charge in [-0.2, -0.15) is 0 Å². The van der Waals surface area contributed by atoms with Crippen molar-refractivity contribution in [3.63, 3.8) is 0 Å². The molecule has 1 aromatic heterocycles. The van der Waals surface area contributed by atoms with E-state index in [0.29, 0.717) is 30.8 Å². The van der Waals surface area contributed by atoms with Crippen LogP contribution in [0.25, 0.3) is 0 Å². The first kappa shape index (κ1) is 20.2.